The van der Waals surface area contributed by atoms with E-state index in [1.54, 1.807) is 11.3 Å². The number of carbonyl (C=O) groups excluding carboxylic acids is 1. The van der Waals surface area contributed by atoms with Gasteiger partial charge in [0.1, 0.15) is 0 Å². The van der Waals surface area contributed by atoms with Crippen LogP contribution in [0.15, 0.2) is 5.38 Å². The van der Waals surface area contributed by atoms with Crippen LogP contribution in [-0.4, -0.2) is 43.4 Å². The lowest BCUT2D eigenvalue weighted by molar-refractivity contribution is -0.140. The number of carbonyl (C=O) groups is 1. The minimum absolute atomic E-state index is 0.192. The van der Waals surface area contributed by atoms with Gasteiger partial charge in [0, 0.05) is 24.9 Å². The molecule has 0 bridgehead atoms. The molecule has 0 radical (unpaired) electrons. The number of aryl methyl sites for hydroxylation is 1. The molecule has 1 aliphatic rings. The highest BCUT2D eigenvalue weighted by Crippen LogP contribution is 2.24. The summed E-state index contributed by atoms with van der Waals surface area (Å²) >= 11 is 1.63. The molecule has 0 spiro atoms. The van der Waals surface area contributed by atoms with Gasteiger partial charge < -0.3 is 14.4 Å². The maximum absolute atomic E-state index is 11.1. The highest BCUT2D eigenvalue weighted by molar-refractivity contribution is 7.13. The lowest BCUT2D eigenvalue weighted by atomic mass is 10.2. The van der Waals surface area contributed by atoms with E-state index in [1.165, 1.54) is 7.11 Å². The van der Waals surface area contributed by atoms with Gasteiger partial charge in [0.25, 0.3) is 0 Å². The summed E-state index contributed by atoms with van der Waals surface area (Å²) in [4.78, 5) is 18.0. The Morgan fingerprint density at radius 1 is 1.53 bits per heavy atom. The van der Waals surface area contributed by atoms with E-state index in [1.807, 2.05) is 5.38 Å². The Morgan fingerprint density at radius 2 is 2.21 bits per heavy atom. The molecular weight excluding hydrogens is 264 g/mol. The van der Waals surface area contributed by atoms with Crippen molar-refractivity contribution in [1.82, 2.24) is 4.98 Å². The number of rotatable bonds is 4. The van der Waals surface area contributed by atoms with E-state index in [4.69, 9.17) is 4.74 Å². The summed E-state index contributed by atoms with van der Waals surface area (Å²) in [6, 6.07) is 0. The molecule has 1 aromatic rings. The normalized spacial score (nSPS) is 23.4. The van der Waals surface area contributed by atoms with Crippen LogP contribution in [0.5, 0.6) is 0 Å². The van der Waals surface area contributed by atoms with E-state index in [0.717, 1.165) is 23.9 Å². The Balaban J connectivity index is 1.94. The molecule has 1 aromatic heterocycles. The number of ether oxygens (including phenoxy) is 2. The van der Waals surface area contributed by atoms with Crippen molar-refractivity contribution in [3.8, 4) is 0 Å². The summed E-state index contributed by atoms with van der Waals surface area (Å²) in [6.07, 6.45) is 1.48. The fourth-order valence-corrected chi connectivity index (χ4v) is 3.10. The molecule has 0 unspecified atom stereocenters. The minimum Gasteiger partial charge on any atom is -0.469 e. The molecule has 0 aromatic carbocycles. The van der Waals surface area contributed by atoms with Crippen molar-refractivity contribution in [3.63, 3.8) is 0 Å². The summed E-state index contributed by atoms with van der Waals surface area (Å²) in [5.74, 6) is -0.192. The molecule has 5 nitrogen and oxygen atoms in total. The number of hydrogen-bond acceptors (Lipinski definition) is 6. The molecule has 6 heteroatoms. The van der Waals surface area contributed by atoms with Gasteiger partial charge in [-0.3, -0.25) is 4.79 Å². The number of esters is 1. The number of thiazole rings is 1. The molecule has 1 fully saturated rings. The summed E-state index contributed by atoms with van der Waals surface area (Å²) in [5, 5.41) is 3.03. The molecule has 2 heterocycles. The van der Waals surface area contributed by atoms with Crippen LogP contribution in [0.3, 0.4) is 0 Å². The average molecular weight is 284 g/mol. The largest absolute Gasteiger partial charge is 0.469 e. The second kappa shape index (κ2) is 6.34. The van der Waals surface area contributed by atoms with Gasteiger partial charge in [-0.15, -0.1) is 11.3 Å². The summed E-state index contributed by atoms with van der Waals surface area (Å²) in [6.45, 7) is 5.89. The van der Waals surface area contributed by atoms with Crippen molar-refractivity contribution >= 4 is 22.4 Å². The molecule has 0 N–H and O–H groups in total. The van der Waals surface area contributed by atoms with Gasteiger partial charge in [0.05, 0.1) is 31.4 Å². The second-order valence-corrected chi connectivity index (χ2v) is 5.70. The maximum Gasteiger partial charge on any atom is 0.305 e. The van der Waals surface area contributed by atoms with E-state index in [2.05, 4.69) is 28.5 Å². The first-order valence-corrected chi connectivity index (χ1v) is 7.38. The third kappa shape index (κ3) is 3.91. The zero-order valence-electron chi connectivity index (χ0n) is 11.6. The first-order valence-electron chi connectivity index (χ1n) is 6.50. The van der Waals surface area contributed by atoms with Crippen LogP contribution in [0, 0.1) is 0 Å². The van der Waals surface area contributed by atoms with Crippen LogP contribution in [-0.2, 0) is 20.7 Å². The molecule has 0 amide bonds. The topological polar surface area (TPSA) is 51.7 Å². The zero-order chi connectivity index (χ0) is 13.8. The highest BCUT2D eigenvalue weighted by Gasteiger charge is 2.24. The number of morpholine rings is 1. The molecule has 1 saturated heterocycles. The molecule has 0 aliphatic carbocycles. The van der Waals surface area contributed by atoms with Crippen molar-refractivity contribution in [1.29, 1.82) is 0 Å². The van der Waals surface area contributed by atoms with Gasteiger partial charge in [-0.2, -0.15) is 0 Å². The van der Waals surface area contributed by atoms with Crippen LogP contribution in [0.4, 0.5) is 5.13 Å². The van der Waals surface area contributed by atoms with E-state index in [0.29, 0.717) is 12.8 Å². The quantitative estimate of drug-likeness (QED) is 0.790. The zero-order valence-corrected chi connectivity index (χ0v) is 12.4. The van der Waals surface area contributed by atoms with Crippen molar-refractivity contribution < 1.29 is 14.3 Å². The Labute approximate surface area is 117 Å². The summed E-state index contributed by atoms with van der Waals surface area (Å²) in [5.41, 5.74) is 0.956. The minimum atomic E-state index is -0.192. The van der Waals surface area contributed by atoms with Crippen LogP contribution >= 0.6 is 11.3 Å². The maximum atomic E-state index is 11.1. The van der Waals surface area contributed by atoms with Gasteiger partial charge in [-0.05, 0) is 13.8 Å². The van der Waals surface area contributed by atoms with E-state index in [-0.39, 0.29) is 18.2 Å². The Bertz CT molecular complexity index is 425. The summed E-state index contributed by atoms with van der Waals surface area (Å²) < 4.78 is 10.3. The van der Waals surface area contributed by atoms with Crippen LogP contribution in [0.25, 0.3) is 0 Å². The van der Waals surface area contributed by atoms with Crippen molar-refractivity contribution in [2.45, 2.75) is 38.9 Å². The standard InChI is InChI=1S/C13H20N2O3S/c1-9-6-15(7-10(2)18-9)13-14-11(8-19-13)4-5-12(16)17-3/h8-10H,4-7H2,1-3H3/t9-,10+. The Hall–Kier alpha value is -1.14. The Morgan fingerprint density at radius 3 is 2.84 bits per heavy atom. The first kappa shape index (κ1) is 14.3. The monoisotopic (exact) mass is 284 g/mol. The third-order valence-corrected chi connectivity index (χ3v) is 3.99. The van der Waals surface area contributed by atoms with Gasteiger partial charge in [0.2, 0.25) is 0 Å². The van der Waals surface area contributed by atoms with E-state index in [9.17, 15) is 4.79 Å². The van der Waals surface area contributed by atoms with Crippen molar-refractivity contribution in [2.75, 3.05) is 25.1 Å². The summed E-state index contributed by atoms with van der Waals surface area (Å²) in [7, 11) is 1.41. The molecule has 1 aliphatic heterocycles. The molecular formula is C13H20N2O3S. The number of methoxy groups -OCH3 is 1. The van der Waals surface area contributed by atoms with Crippen LogP contribution in [0.1, 0.15) is 26.0 Å². The Kier molecular flexibility index (Phi) is 4.76. The van der Waals surface area contributed by atoms with Crippen LogP contribution < -0.4 is 4.90 Å². The van der Waals surface area contributed by atoms with Gasteiger partial charge in [0.15, 0.2) is 5.13 Å². The second-order valence-electron chi connectivity index (χ2n) is 4.86. The highest BCUT2D eigenvalue weighted by atomic mass is 32.1. The SMILES string of the molecule is COC(=O)CCc1csc(N2C[C@@H](C)O[C@@H](C)C2)n1. The van der Waals surface area contributed by atoms with Gasteiger partial charge in [-0.1, -0.05) is 0 Å². The fraction of sp³-hybridized carbons (Fsp3) is 0.692. The molecule has 2 rings (SSSR count). The first-order chi connectivity index (χ1) is 9.08. The lowest BCUT2D eigenvalue weighted by Crippen LogP contribution is -2.45. The van der Waals surface area contributed by atoms with Crippen molar-refractivity contribution in [3.05, 3.63) is 11.1 Å². The van der Waals surface area contributed by atoms with Gasteiger partial charge in [-0.25, -0.2) is 4.98 Å². The number of anilines is 1. The number of hydrogen-bond donors (Lipinski definition) is 0. The van der Waals surface area contributed by atoms with Crippen LogP contribution in [0.2, 0.25) is 0 Å². The van der Waals surface area contributed by atoms with Gasteiger partial charge >= 0.3 is 5.97 Å². The lowest BCUT2D eigenvalue weighted by Gasteiger charge is -2.35. The van der Waals surface area contributed by atoms with E-state index >= 15 is 0 Å². The fourth-order valence-electron chi connectivity index (χ4n) is 2.22. The van der Waals surface area contributed by atoms with E-state index < -0.39 is 0 Å². The molecule has 2 atom stereocenters. The average Bonchev–Trinajstić information content (AvgIpc) is 2.83. The predicted molar refractivity (Wildman–Crippen MR) is 74.7 cm³/mol. The molecule has 19 heavy (non-hydrogen) atoms. The number of aromatic nitrogens is 1. The molecule has 0 saturated carbocycles. The molecule has 106 valence electrons. The number of nitrogens with zero attached hydrogens (tertiary/aromatic N) is 2. The smallest absolute Gasteiger partial charge is 0.305 e. The van der Waals surface area contributed by atoms with Crippen molar-refractivity contribution in [2.24, 2.45) is 0 Å². The predicted octanol–water partition coefficient (Wildman–Crippen LogP) is 1.86. The third-order valence-electron chi connectivity index (χ3n) is 3.04.